The molecule has 0 bridgehead atoms. The van der Waals surface area contributed by atoms with Crippen molar-refractivity contribution in [3.63, 3.8) is 0 Å². The average molecular weight is 314 g/mol. The average Bonchev–Trinajstić information content (AvgIpc) is 2.48. The summed E-state index contributed by atoms with van der Waals surface area (Å²) < 4.78 is 19.1. The first kappa shape index (κ1) is 16.7. The number of likely N-dealkylation sites (N-methyl/N-ethyl adjacent to an activating group) is 1. The summed E-state index contributed by atoms with van der Waals surface area (Å²) in [5.41, 5.74) is 0.811. The van der Waals surface area contributed by atoms with Gasteiger partial charge in [-0.2, -0.15) is 0 Å². The maximum atomic E-state index is 13.2. The third-order valence-electron chi connectivity index (χ3n) is 4.95. The highest BCUT2D eigenvalue weighted by Crippen LogP contribution is 2.38. The molecule has 1 saturated carbocycles. The van der Waals surface area contributed by atoms with Gasteiger partial charge in [-0.15, -0.1) is 0 Å². The first-order chi connectivity index (χ1) is 10.0. The van der Waals surface area contributed by atoms with Crippen molar-refractivity contribution in [2.75, 3.05) is 14.2 Å². The standard InChI is InChI=1S/C17H25ClFNO/c1-12-6-8-17(21-3,9-7-12)16(20-2)10-13-4-5-14(19)11-15(13)18/h4-5,11-12,16,20H,6-10H2,1-3H3. The molecule has 0 aromatic heterocycles. The summed E-state index contributed by atoms with van der Waals surface area (Å²) in [6.07, 6.45) is 5.22. The second-order valence-corrected chi connectivity index (χ2v) is 6.64. The fourth-order valence-corrected chi connectivity index (χ4v) is 3.65. The summed E-state index contributed by atoms with van der Waals surface area (Å²) in [4.78, 5) is 0. The molecule has 1 unspecified atom stereocenters. The molecule has 1 aliphatic carbocycles. The van der Waals surface area contributed by atoms with Crippen LogP contribution in [-0.2, 0) is 11.2 Å². The highest BCUT2D eigenvalue weighted by Gasteiger charge is 2.40. The SMILES string of the molecule is CNC(Cc1ccc(F)cc1Cl)C1(OC)CCC(C)CC1. The topological polar surface area (TPSA) is 21.3 Å². The molecule has 118 valence electrons. The number of ether oxygens (including phenoxy) is 1. The minimum absolute atomic E-state index is 0.154. The van der Waals surface area contributed by atoms with Crippen molar-refractivity contribution in [2.24, 2.45) is 5.92 Å². The van der Waals surface area contributed by atoms with E-state index in [1.807, 2.05) is 7.05 Å². The van der Waals surface area contributed by atoms with E-state index in [-0.39, 0.29) is 17.5 Å². The molecule has 0 aliphatic heterocycles. The van der Waals surface area contributed by atoms with E-state index in [0.717, 1.165) is 30.7 Å². The Bertz CT molecular complexity index is 472. The van der Waals surface area contributed by atoms with Crippen LogP contribution in [0.15, 0.2) is 18.2 Å². The zero-order valence-electron chi connectivity index (χ0n) is 13.1. The fraction of sp³-hybridized carbons (Fsp3) is 0.647. The quantitative estimate of drug-likeness (QED) is 0.879. The summed E-state index contributed by atoms with van der Waals surface area (Å²) >= 11 is 6.17. The number of halogens is 2. The number of hydrogen-bond donors (Lipinski definition) is 1. The van der Waals surface area contributed by atoms with Crippen LogP contribution in [-0.4, -0.2) is 25.8 Å². The van der Waals surface area contributed by atoms with Gasteiger partial charge in [-0.1, -0.05) is 24.6 Å². The van der Waals surface area contributed by atoms with E-state index in [1.165, 1.54) is 25.0 Å². The zero-order valence-corrected chi connectivity index (χ0v) is 13.8. The Morgan fingerprint density at radius 1 is 1.43 bits per heavy atom. The van der Waals surface area contributed by atoms with Gasteiger partial charge in [0.15, 0.2) is 0 Å². The van der Waals surface area contributed by atoms with Crippen molar-refractivity contribution in [3.8, 4) is 0 Å². The van der Waals surface area contributed by atoms with E-state index in [4.69, 9.17) is 16.3 Å². The molecule has 1 atom stereocenters. The van der Waals surface area contributed by atoms with Gasteiger partial charge in [-0.3, -0.25) is 0 Å². The predicted octanol–water partition coefficient (Wildman–Crippen LogP) is 4.20. The van der Waals surface area contributed by atoms with Gasteiger partial charge in [0.05, 0.1) is 5.60 Å². The van der Waals surface area contributed by atoms with Crippen LogP contribution in [0.4, 0.5) is 4.39 Å². The van der Waals surface area contributed by atoms with Gasteiger partial charge in [0.2, 0.25) is 0 Å². The smallest absolute Gasteiger partial charge is 0.124 e. The Kier molecular flexibility index (Phi) is 5.64. The zero-order chi connectivity index (χ0) is 15.5. The molecule has 1 aliphatic rings. The highest BCUT2D eigenvalue weighted by atomic mass is 35.5. The van der Waals surface area contributed by atoms with Crippen molar-refractivity contribution >= 4 is 11.6 Å². The summed E-state index contributed by atoms with van der Waals surface area (Å²) in [6.45, 7) is 2.30. The van der Waals surface area contributed by atoms with Crippen LogP contribution in [0, 0.1) is 11.7 Å². The van der Waals surface area contributed by atoms with Crippen LogP contribution in [0.1, 0.15) is 38.2 Å². The molecule has 0 heterocycles. The van der Waals surface area contributed by atoms with Crippen molar-refractivity contribution < 1.29 is 9.13 Å². The Balaban J connectivity index is 2.17. The number of nitrogens with one attached hydrogen (secondary N) is 1. The van der Waals surface area contributed by atoms with E-state index in [2.05, 4.69) is 12.2 Å². The monoisotopic (exact) mass is 313 g/mol. The second kappa shape index (κ2) is 7.08. The van der Waals surface area contributed by atoms with E-state index >= 15 is 0 Å². The normalized spacial score (nSPS) is 27.6. The fourth-order valence-electron chi connectivity index (χ4n) is 3.40. The van der Waals surface area contributed by atoms with Crippen LogP contribution in [0.5, 0.6) is 0 Å². The van der Waals surface area contributed by atoms with Gasteiger partial charge in [-0.25, -0.2) is 4.39 Å². The Labute approximate surface area is 132 Å². The lowest BCUT2D eigenvalue weighted by molar-refractivity contribution is -0.0730. The first-order valence-corrected chi connectivity index (χ1v) is 8.05. The van der Waals surface area contributed by atoms with E-state index < -0.39 is 0 Å². The third-order valence-corrected chi connectivity index (χ3v) is 5.30. The first-order valence-electron chi connectivity index (χ1n) is 7.67. The lowest BCUT2D eigenvalue weighted by Crippen LogP contribution is -2.54. The summed E-state index contributed by atoms with van der Waals surface area (Å²) in [5.74, 6) is 0.470. The van der Waals surface area contributed by atoms with E-state index in [0.29, 0.717) is 5.02 Å². The minimum Gasteiger partial charge on any atom is -0.377 e. The van der Waals surface area contributed by atoms with Gasteiger partial charge in [0.25, 0.3) is 0 Å². The lowest BCUT2D eigenvalue weighted by Gasteiger charge is -2.44. The summed E-state index contributed by atoms with van der Waals surface area (Å²) in [7, 11) is 3.76. The predicted molar refractivity (Wildman–Crippen MR) is 85.3 cm³/mol. The van der Waals surface area contributed by atoms with Gasteiger partial charge in [-0.05, 0) is 62.8 Å². The second-order valence-electron chi connectivity index (χ2n) is 6.23. The van der Waals surface area contributed by atoms with E-state index in [1.54, 1.807) is 13.2 Å². The van der Waals surface area contributed by atoms with Crippen molar-refractivity contribution in [2.45, 2.75) is 50.7 Å². The van der Waals surface area contributed by atoms with Crippen LogP contribution >= 0.6 is 11.6 Å². The lowest BCUT2D eigenvalue weighted by atomic mass is 9.74. The Morgan fingerprint density at radius 2 is 2.10 bits per heavy atom. The highest BCUT2D eigenvalue weighted by molar-refractivity contribution is 6.31. The minimum atomic E-state index is -0.294. The number of benzene rings is 1. The molecular weight excluding hydrogens is 289 g/mol. The molecule has 0 radical (unpaired) electrons. The van der Waals surface area contributed by atoms with Crippen LogP contribution in [0.2, 0.25) is 5.02 Å². The van der Waals surface area contributed by atoms with E-state index in [9.17, 15) is 4.39 Å². The van der Waals surface area contributed by atoms with Crippen molar-refractivity contribution in [1.82, 2.24) is 5.32 Å². The van der Waals surface area contributed by atoms with Crippen LogP contribution in [0.3, 0.4) is 0 Å². The molecular formula is C17H25ClFNO. The maximum absolute atomic E-state index is 13.2. The molecule has 2 nitrogen and oxygen atoms in total. The number of rotatable bonds is 5. The molecule has 1 N–H and O–H groups in total. The molecule has 0 amide bonds. The Morgan fingerprint density at radius 3 is 2.62 bits per heavy atom. The molecule has 1 aromatic rings. The maximum Gasteiger partial charge on any atom is 0.124 e. The van der Waals surface area contributed by atoms with Gasteiger partial charge >= 0.3 is 0 Å². The van der Waals surface area contributed by atoms with Gasteiger partial charge in [0, 0.05) is 18.2 Å². The summed E-state index contributed by atoms with van der Waals surface area (Å²) in [6, 6.07) is 4.80. The molecule has 0 saturated heterocycles. The number of methoxy groups -OCH3 is 1. The summed E-state index contributed by atoms with van der Waals surface area (Å²) in [5, 5.41) is 3.88. The molecule has 21 heavy (non-hydrogen) atoms. The molecule has 4 heteroatoms. The molecule has 2 rings (SSSR count). The van der Waals surface area contributed by atoms with Gasteiger partial charge < -0.3 is 10.1 Å². The van der Waals surface area contributed by atoms with Crippen molar-refractivity contribution in [1.29, 1.82) is 0 Å². The molecule has 0 spiro atoms. The molecule has 1 fully saturated rings. The Hall–Kier alpha value is -0.640. The van der Waals surface area contributed by atoms with Crippen LogP contribution < -0.4 is 5.32 Å². The largest absolute Gasteiger partial charge is 0.377 e. The van der Waals surface area contributed by atoms with Gasteiger partial charge in [0.1, 0.15) is 5.82 Å². The third kappa shape index (κ3) is 3.77. The van der Waals surface area contributed by atoms with Crippen molar-refractivity contribution in [3.05, 3.63) is 34.6 Å². The molecule has 1 aromatic carbocycles. The van der Waals surface area contributed by atoms with Crippen LogP contribution in [0.25, 0.3) is 0 Å². The number of hydrogen-bond acceptors (Lipinski definition) is 2.